The van der Waals surface area contributed by atoms with E-state index in [-0.39, 0.29) is 30.4 Å². The Morgan fingerprint density at radius 2 is 1.78 bits per heavy atom. The Labute approximate surface area is 196 Å². The number of morpholine rings is 1. The number of benzene rings is 2. The largest absolute Gasteiger partial charge is 0.378 e. The molecule has 0 spiro atoms. The third kappa shape index (κ3) is 5.66. The molecule has 2 aliphatic heterocycles. The summed E-state index contributed by atoms with van der Waals surface area (Å²) < 4.78 is 6.40. The fourth-order valence-corrected chi connectivity index (χ4v) is 4.23. The normalized spacial score (nSPS) is 20.8. The first-order chi connectivity index (χ1) is 15.5. The van der Waals surface area contributed by atoms with E-state index in [2.05, 4.69) is 37.0 Å². The number of rotatable bonds is 6. The summed E-state index contributed by atoms with van der Waals surface area (Å²) in [6.45, 7) is 3.18. The van der Waals surface area contributed by atoms with Crippen molar-refractivity contribution in [2.45, 2.75) is 18.5 Å². The van der Waals surface area contributed by atoms with Gasteiger partial charge in [-0.2, -0.15) is 0 Å². The number of hydrogen-bond acceptors (Lipinski definition) is 6. The van der Waals surface area contributed by atoms with E-state index in [1.54, 1.807) is 7.05 Å². The highest BCUT2D eigenvalue weighted by Gasteiger charge is 2.32. The predicted molar refractivity (Wildman–Crippen MR) is 127 cm³/mol. The van der Waals surface area contributed by atoms with E-state index >= 15 is 0 Å². The number of hydrogen-bond donors (Lipinski definition) is 3. The highest BCUT2D eigenvalue weighted by atomic mass is 79.9. The molecule has 2 aromatic carbocycles. The summed E-state index contributed by atoms with van der Waals surface area (Å²) >= 11 is 3.43. The van der Waals surface area contributed by atoms with E-state index < -0.39 is 0 Å². The quantitative estimate of drug-likeness (QED) is 0.562. The predicted octanol–water partition coefficient (Wildman–Crippen LogP) is 2.29. The van der Waals surface area contributed by atoms with Crippen molar-refractivity contribution in [1.29, 1.82) is 0 Å². The minimum absolute atomic E-state index is 0.00875. The maximum Gasteiger partial charge on any atom is 0.243 e. The number of likely N-dealkylation sites (N-methyl/N-ethyl adjacent to an activating group) is 1. The van der Waals surface area contributed by atoms with Crippen LogP contribution >= 0.6 is 15.9 Å². The molecule has 2 aliphatic rings. The molecule has 0 saturated carbocycles. The molecule has 2 saturated heterocycles. The molecular weight excluding hydrogens is 474 g/mol. The van der Waals surface area contributed by atoms with E-state index in [1.807, 2.05) is 48.5 Å². The second-order valence-corrected chi connectivity index (χ2v) is 8.99. The topological polar surface area (TPSA) is 85.9 Å². The molecule has 9 heteroatoms. The van der Waals surface area contributed by atoms with Crippen LogP contribution in [0.25, 0.3) is 0 Å². The molecule has 0 aliphatic carbocycles. The Morgan fingerprint density at radius 1 is 1.09 bits per heavy atom. The van der Waals surface area contributed by atoms with Gasteiger partial charge in [-0.1, -0.05) is 28.1 Å². The number of nitrogens with zero attached hydrogens (tertiary/aromatic N) is 2. The van der Waals surface area contributed by atoms with Crippen LogP contribution in [0.2, 0.25) is 0 Å². The second kappa shape index (κ2) is 10.4. The molecule has 32 heavy (non-hydrogen) atoms. The van der Waals surface area contributed by atoms with Gasteiger partial charge in [0.15, 0.2) is 0 Å². The minimum Gasteiger partial charge on any atom is -0.378 e. The molecule has 0 aromatic heterocycles. The lowest BCUT2D eigenvalue weighted by atomic mass is 10.0. The van der Waals surface area contributed by atoms with Crippen LogP contribution in [0.4, 0.5) is 11.4 Å². The zero-order chi connectivity index (χ0) is 22.5. The highest BCUT2D eigenvalue weighted by molar-refractivity contribution is 9.10. The van der Waals surface area contributed by atoms with Crippen molar-refractivity contribution in [1.82, 2.24) is 15.8 Å². The van der Waals surface area contributed by atoms with Crippen LogP contribution in [-0.2, 0) is 14.3 Å². The summed E-state index contributed by atoms with van der Waals surface area (Å²) in [5.74, 6) is -0.342. The fraction of sp³-hybridized carbons (Fsp3) is 0.391. The van der Waals surface area contributed by atoms with Gasteiger partial charge in [0.1, 0.15) is 6.04 Å². The van der Waals surface area contributed by atoms with Crippen molar-refractivity contribution in [3.05, 3.63) is 58.6 Å². The van der Waals surface area contributed by atoms with E-state index in [9.17, 15) is 9.59 Å². The monoisotopic (exact) mass is 501 g/mol. The van der Waals surface area contributed by atoms with Gasteiger partial charge in [-0.15, -0.1) is 0 Å². The first-order valence-corrected chi connectivity index (χ1v) is 11.5. The average Bonchev–Trinajstić information content (AvgIpc) is 3.30. The van der Waals surface area contributed by atoms with E-state index in [0.717, 1.165) is 42.0 Å². The van der Waals surface area contributed by atoms with Gasteiger partial charge in [-0.05, 0) is 48.4 Å². The number of hydrazine groups is 1. The average molecular weight is 502 g/mol. The number of halogens is 1. The van der Waals surface area contributed by atoms with Gasteiger partial charge in [0.25, 0.3) is 0 Å². The molecule has 170 valence electrons. The SMILES string of the molecule is CN(CC(=O)Nc1ccc(N2CCOCC2)cc1)C(=O)C1CC(c2ccc(Br)cc2)NN1. The number of anilines is 2. The Morgan fingerprint density at radius 3 is 2.47 bits per heavy atom. The molecule has 2 unspecified atom stereocenters. The summed E-state index contributed by atoms with van der Waals surface area (Å²) in [6.07, 6.45) is 0.620. The van der Waals surface area contributed by atoms with Gasteiger partial charge in [0, 0.05) is 42.0 Å². The summed E-state index contributed by atoms with van der Waals surface area (Å²) in [5, 5.41) is 2.87. The maximum absolute atomic E-state index is 12.8. The van der Waals surface area contributed by atoms with E-state index in [1.165, 1.54) is 4.90 Å². The number of carbonyl (C=O) groups is 2. The standard InChI is InChI=1S/C23H28BrN5O3/c1-28(23(31)21-14-20(26-27-21)16-2-4-17(24)5-3-16)15-22(30)25-18-6-8-19(9-7-18)29-10-12-32-13-11-29/h2-9,20-21,26-27H,10-15H2,1H3,(H,25,30). The first-order valence-electron chi connectivity index (χ1n) is 10.7. The molecule has 8 nitrogen and oxygen atoms in total. The molecule has 2 heterocycles. The molecule has 2 aromatic rings. The summed E-state index contributed by atoms with van der Waals surface area (Å²) in [7, 11) is 1.65. The third-order valence-electron chi connectivity index (χ3n) is 5.76. The van der Waals surface area contributed by atoms with Crippen molar-refractivity contribution in [3.8, 4) is 0 Å². The second-order valence-electron chi connectivity index (χ2n) is 8.07. The Hall–Kier alpha value is -2.46. The zero-order valence-electron chi connectivity index (χ0n) is 18.0. The first kappa shape index (κ1) is 22.7. The van der Waals surface area contributed by atoms with Crippen LogP contribution < -0.4 is 21.1 Å². The number of amides is 2. The highest BCUT2D eigenvalue weighted by Crippen LogP contribution is 2.24. The molecule has 2 amide bonds. The van der Waals surface area contributed by atoms with Gasteiger partial charge in [0.05, 0.1) is 19.8 Å². The van der Waals surface area contributed by atoms with Gasteiger partial charge < -0.3 is 19.9 Å². The molecular formula is C23H28BrN5O3. The molecule has 0 bridgehead atoms. The summed E-state index contributed by atoms with van der Waals surface area (Å²) in [6, 6.07) is 15.4. The molecule has 2 fully saturated rings. The fourth-order valence-electron chi connectivity index (χ4n) is 3.97. The minimum atomic E-state index is -0.380. The van der Waals surface area contributed by atoms with Gasteiger partial charge >= 0.3 is 0 Å². The number of nitrogens with one attached hydrogen (secondary N) is 3. The smallest absolute Gasteiger partial charge is 0.243 e. The van der Waals surface area contributed by atoms with Crippen molar-refractivity contribution < 1.29 is 14.3 Å². The molecule has 3 N–H and O–H groups in total. The Bertz CT molecular complexity index is 932. The van der Waals surface area contributed by atoms with Crippen molar-refractivity contribution in [2.75, 3.05) is 50.1 Å². The molecule has 0 radical (unpaired) electrons. The van der Waals surface area contributed by atoms with E-state index in [0.29, 0.717) is 12.1 Å². The van der Waals surface area contributed by atoms with Gasteiger partial charge in [-0.25, -0.2) is 10.9 Å². The van der Waals surface area contributed by atoms with Crippen LogP contribution in [0.1, 0.15) is 18.0 Å². The Balaban J connectivity index is 1.26. The lowest BCUT2D eigenvalue weighted by molar-refractivity contribution is -0.134. The lowest BCUT2D eigenvalue weighted by Gasteiger charge is -2.29. The van der Waals surface area contributed by atoms with Gasteiger partial charge in [0.2, 0.25) is 11.8 Å². The van der Waals surface area contributed by atoms with Crippen molar-refractivity contribution in [2.24, 2.45) is 0 Å². The summed E-state index contributed by atoms with van der Waals surface area (Å²) in [5.41, 5.74) is 9.17. The van der Waals surface area contributed by atoms with Crippen LogP contribution in [0.5, 0.6) is 0 Å². The molecule has 2 atom stereocenters. The lowest BCUT2D eigenvalue weighted by Crippen LogP contribution is -2.46. The maximum atomic E-state index is 12.8. The van der Waals surface area contributed by atoms with Crippen LogP contribution in [0.15, 0.2) is 53.0 Å². The van der Waals surface area contributed by atoms with E-state index in [4.69, 9.17) is 4.74 Å². The number of ether oxygens (including phenoxy) is 1. The third-order valence-corrected chi connectivity index (χ3v) is 6.29. The van der Waals surface area contributed by atoms with Crippen molar-refractivity contribution in [3.63, 3.8) is 0 Å². The molecule has 4 rings (SSSR count). The van der Waals surface area contributed by atoms with Crippen molar-refractivity contribution >= 4 is 39.1 Å². The zero-order valence-corrected chi connectivity index (χ0v) is 19.6. The number of carbonyl (C=O) groups excluding carboxylic acids is 2. The van der Waals surface area contributed by atoms with Crippen LogP contribution in [0.3, 0.4) is 0 Å². The Kier molecular flexibility index (Phi) is 7.41. The summed E-state index contributed by atoms with van der Waals surface area (Å²) in [4.78, 5) is 29.0. The van der Waals surface area contributed by atoms with Crippen LogP contribution in [0, 0.1) is 0 Å². The van der Waals surface area contributed by atoms with Crippen LogP contribution in [-0.4, -0.2) is 62.7 Å². The van der Waals surface area contributed by atoms with Gasteiger partial charge in [-0.3, -0.25) is 9.59 Å².